The molecule has 6 rings (SSSR count). The average Bonchev–Trinajstić information content (AvgIpc) is 3.54. The summed E-state index contributed by atoms with van der Waals surface area (Å²) in [4.78, 5) is 24.6. The number of nitrogens with one attached hydrogen (secondary N) is 1. The van der Waals surface area contributed by atoms with Gasteiger partial charge >= 0.3 is 0 Å². The standard InChI is InChI=1S/C25H18N4O5S/c30-19(15-6-8-20-18(10-15)26-23(31)12-32-20)13-35-25-28-27-24(29(25)17-4-2-1-3-5-17)16-7-9-21-22(11-16)34-14-33-21/h1-11H,12-14H2,(H,26,31). The van der Waals surface area contributed by atoms with Crippen molar-refractivity contribution in [2.24, 2.45) is 0 Å². The number of hydrogen-bond acceptors (Lipinski definition) is 8. The monoisotopic (exact) mass is 486 g/mol. The first-order valence-electron chi connectivity index (χ1n) is 10.8. The van der Waals surface area contributed by atoms with E-state index >= 15 is 0 Å². The molecule has 2 aliphatic rings. The molecule has 2 aliphatic heterocycles. The maximum atomic E-state index is 13.0. The maximum Gasteiger partial charge on any atom is 0.262 e. The van der Waals surface area contributed by atoms with Gasteiger partial charge in [0.1, 0.15) is 5.75 Å². The number of carbonyl (C=O) groups excluding carboxylic acids is 2. The third kappa shape index (κ3) is 4.08. The summed E-state index contributed by atoms with van der Waals surface area (Å²) >= 11 is 1.29. The number of fused-ring (bicyclic) bond motifs is 2. The number of thioether (sulfide) groups is 1. The molecule has 0 atom stereocenters. The minimum absolute atomic E-state index is 0.0308. The van der Waals surface area contributed by atoms with Gasteiger partial charge < -0.3 is 19.5 Å². The highest BCUT2D eigenvalue weighted by Crippen LogP contribution is 2.37. The van der Waals surface area contributed by atoms with E-state index in [2.05, 4.69) is 15.5 Å². The largest absolute Gasteiger partial charge is 0.482 e. The van der Waals surface area contributed by atoms with Crippen LogP contribution in [-0.4, -0.2) is 45.6 Å². The molecule has 1 aromatic heterocycles. The first kappa shape index (κ1) is 21.2. The predicted molar refractivity (Wildman–Crippen MR) is 129 cm³/mol. The molecule has 0 saturated heterocycles. The van der Waals surface area contributed by atoms with Crippen LogP contribution in [0.3, 0.4) is 0 Å². The highest BCUT2D eigenvalue weighted by molar-refractivity contribution is 7.99. The number of ketones is 1. The number of Topliss-reactive ketones (excluding diaryl/α,β-unsaturated/α-hetero) is 1. The molecule has 1 amide bonds. The Morgan fingerprint density at radius 3 is 2.66 bits per heavy atom. The fourth-order valence-corrected chi connectivity index (χ4v) is 4.71. The van der Waals surface area contributed by atoms with Gasteiger partial charge in [0, 0.05) is 16.8 Å². The summed E-state index contributed by atoms with van der Waals surface area (Å²) in [6.07, 6.45) is 0. The molecule has 9 nitrogen and oxygen atoms in total. The highest BCUT2D eigenvalue weighted by Gasteiger charge is 2.22. The van der Waals surface area contributed by atoms with Crippen LogP contribution in [0.4, 0.5) is 5.69 Å². The quantitative estimate of drug-likeness (QED) is 0.323. The van der Waals surface area contributed by atoms with Gasteiger partial charge in [0.05, 0.1) is 11.4 Å². The van der Waals surface area contributed by atoms with Gasteiger partial charge in [-0.05, 0) is 48.5 Å². The molecule has 0 fully saturated rings. The van der Waals surface area contributed by atoms with Gasteiger partial charge in [-0.2, -0.15) is 0 Å². The van der Waals surface area contributed by atoms with Crippen molar-refractivity contribution >= 4 is 29.1 Å². The fourth-order valence-electron chi connectivity index (χ4n) is 3.87. The number of ether oxygens (including phenoxy) is 3. The number of hydrogen-bond donors (Lipinski definition) is 1. The zero-order valence-corrected chi connectivity index (χ0v) is 19.1. The Balaban J connectivity index is 1.29. The second-order valence-electron chi connectivity index (χ2n) is 7.80. The minimum Gasteiger partial charge on any atom is -0.482 e. The molecule has 1 N–H and O–H groups in total. The van der Waals surface area contributed by atoms with E-state index in [0.717, 1.165) is 11.3 Å². The summed E-state index contributed by atoms with van der Waals surface area (Å²) in [5.41, 5.74) is 2.65. The molecule has 0 spiro atoms. The Hall–Kier alpha value is -4.31. The Kier molecular flexibility index (Phi) is 5.34. The Labute approximate surface area is 204 Å². The molecular weight excluding hydrogens is 468 g/mol. The first-order valence-corrected chi connectivity index (χ1v) is 11.8. The van der Waals surface area contributed by atoms with Crippen LogP contribution >= 0.6 is 11.8 Å². The Morgan fingerprint density at radius 2 is 1.77 bits per heavy atom. The molecule has 10 heteroatoms. The van der Waals surface area contributed by atoms with Gasteiger partial charge in [0.2, 0.25) is 6.79 Å². The number of para-hydroxylation sites is 1. The molecule has 0 aliphatic carbocycles. The molecule has 3 heterocycles. The summed E-state index contributed by atoms with van der Waals surface area (Å²) in [6.45, 7) is 0.156. The maximum absolute atomic E-state index is 13.0. The summed E-state index contributed by atoms with van der Waals surface area (Å²) in [5.74, 6) is 2.29. The van der Waals surface area contributed by atoms with Crippen molar-refractivity contribution in [2.75, 3.05) is 24.5 Å². The Bertz CT molecular complexity index is 1450. The van der Waals surface area contributed by atoms with Gasteiger partial charge in [0.15, 0.2) is 34.9 Å². The molecule has 0 bridgehead atoms. The lowest BCUT2D eigenvalue weighted by Gasteiger charge is -2.18. The van der Waals surface area contributed by atoms with Crippen molar-refractivity contribution < 1.29 is 23.8 Å². The van der Waals surface area contributed by atoms with Crippen LogP contribution < -0.4 is 19.5 Å². The zero-order valence-electron chi connectivity index (χ0n) is 18.3. The van der Waals surface area contributed by atoms with E-state index in [4.69, 9.17) is 14.2 Å². The van der Waals surface area contributed by atoms with Crippen molar-refractivity contribution in [3.8, 4) is 34.3 Å². The van der Waals surface area contributed by atoms with Crippen molar-refractivity contribution in [3.63, 3.8) is 0 Å². The number of nitrogens with zero attached hydrogens (tertiary/aromatic N) is 3. The van der Waals surface area contributed by atoms with Crippen LogP contribution in [0.2, 0.25) is 0 Å². The number of carbonyl (C=O) groups is 2. The topological polar surface area (TPSA) is 105 Å². The van der Waals surface area contributed by atoms with Gasteiger partial charge in [0.25, 0.3) is 5.91 Å². The van der Waals surface area contributed by atoms with Gasteiger partial charge in [-0.25, -0.2) is 0 Å². The van der Waals surface area contributed by atoms with Crippen molar-refractivity contribution in [3.05, 3.63) is 72.3 Å². The summed E-state index contributed by atoms with van der Waals surface area (Å²) in [7, 11) is 0. The summed E-state index contributed by atoms with van der Waals surface area (Å²) < 4.78 is 18.2. The average molecular weight is 487 g/mol. The van der Waals surface area contributed by atoms with E-state index in [1.165, 1.54) is 11.8 Å². The Morgan fingerprint density at radius 1 is 0.943 bits per heavy atom. The van der Waals surface area contributed by atoms with Gasteiger partial charge in [-0.1, -0.05) is 30.0 Å². The second kappa shape index (κ2) is 8.80. The van der Waals surface area contributed by atoms with Crippen LogP contribution in [0.5, 0.6) is 17.2 Å². The predicted octanol–water partition coefficient (Wildman–Crippen LogP) is 3.97. The highest BCUT2D eigenvalue weighted by atomic mass is 32.2. The van der Waals surface area contributed by atoms with E-state index in [1.807, 2.05) is 53.1 Å². The lowest BCUT2D eigenvalue weighted by Crippen LogP contribution is -2.25. The SMILES string of the molecule is O=C1COc2ccc(C(=O)CSc3nnc(-c4ccc5c(c4)OCO5)n3-c3ccccc3)cc2N1. The number of rotatable bonds is 6. The van der Waals surface area contributed by atoms with E-state index in [0.29, 0.717) is 39.5 Å². The van der Waals surface area contributed by atoms with Gasteiger partial charge in [-0.15, -0.1) is 10.2 Å². The van der Waals surface area contributed by atoms with E-state index in [9.17, 15) is 9.59 Å². The fraction of sp³-hybridized carbons (Fsp3) is 0.120. The van der Waals surface area contributed by atoms with Crippen LogP contribution in [-0.2, 0) is 4.79 Å². The smallest absolute Gasteiger partial charge is 0.262 e. The molecule has 4 aromatic rings. The van der Waals surface area contributed by atoms with Crippen molar-refractivity contribution in [2.45, 2.75) is 5.16 Å². The van der Waals surface area contributed by atoms with Crippen molar-refractivity contribution in [1.29, 1.82) is 0 Å². The third-order valence-corrected chi connectivity index (χ3v) is 6.47. The van der Waals surface area contributed by atoms with Crippen LogP contribution in [0.1, 0.15) is 10.4 Å². The van der Waals surface area contributed by atoms with E-state index in [-0.39, 0.29) is 30.8 Å². The molecule has 35 heavy (non-hydrogen) atoms. The summed E-state index contributed by atoms with van der Waals surface area (Å²) in [6, 6.07) is 20.3. The zero-order chi connectivity index (χ0) is 23.8. The first-order chi connectivity index (χ1) is 17.2. The summed E-state index contributed by atoms with van der Waals surface area (Å²) in [5, 5.41) is 12.1. The number of amides is 1. The number of anilines is 1. The molecule has 0 radical (unpaired) electrons. The van der Waals surface area contributed by atoms with Crippen LogP contribution in [0.15, 0.2) is 71.9 Å². The number of benzene rings is 3. The lowest BCUT2D eigenvalue weighted by molar-refractivity contribution is -0.118. The minimum atomic E-state index is -0.247. The molecular formula is C25H18N4O5S. The third-order valence-electron chi connectivity index (χ3n) is 5.55. The van der Waals surface area contributed by atoms with Crippen LogP contribution in [0, 0.1) is 0 Å². The van der Waals surface area contributed by atoms with Crippen LogP contribution in [0.25, 0.3) is 17.1 Å². The molecule has 174 valence electrons. The molecule has 0 saturated carbocycles. The van der Waals surface area contributed by atoms with E-state index in [1.54, 1.807) is 18.2 Å². The molecule has 3 aromatic carbocycles. The van der Waals surface area contributed by atoms with Gasteiger partial charge in [-0.3, -0.25) is 14.2 Å². The molecule has 0 unspecified atom stereocenters. The number of aromatic nitrogens is 3. The second-order valence-corrected chi connectivity index (χ2v) is 8.75. The normalized spacial score (nSPS) is 13.7. The van der Waals surface area contributed by atoms with Crippen molar-refractivity contribution in [1.82, 2.24) is 14.8 Å². The lowest BCUT2D eigenvalue weighted by atomic mass is 10.1. The van der Waals surface area contributed by atoms with E-state index < -0.39 is 0 Å².